The van der Waals surface area contributed by atoms with E-state index in [9.17, 15) is 0 Å². The van der Waals surface area contributed by atoms with E-state index in [0.29, 0.717) is 0 Å². The molecule has 3 nitrogen and oxygen atoms in total. The molecule has 2 heterocycles. The molecular weight excluding hydrogens is 222 g/mol. The second-order valence-corrected chi connectivity index (χ2v) is 4.67. The Morgan fingerprint density at radius 2 is 1.89 bits per heavy atom. The Hall–Kier alpha value is -2.16. The average Bonchev–Trinajstić information content (AvgIpc) is 2.77. The number of aryl methyl sites for hydroxylation is 3. The minimum atomic E-state index is 1.02. The van der Waals surface area contributed by atoms with E-state index in [4.69, 9.17) is 0 Å². The summed E-state index contributed by atoms with van der Waals surface area (Å²) in [5.41, 5.74) is 4.56. The van der Waals surface area contributed by atoms with Crippen molar-refractivity contribution in [3.05, 3.63) is 47.9 Å². The number of rotatable bonds is 1. The van der Waals surface area contributed by atoms with Gasteiger partial charge in [-0.15, -0.1) is 0 Å². The van der Waals surface area contributed by atoms with E-state index in [2.05, 4.69) is 42.1 Å². The van der Waals surface area contributed by atoms with Gasteiger partial charge in [0.1, 0.15) is 0 Å². The van der Waals surface area contributed by atoms with E-state index in [1.54, 1.807) is 4.68 Å². The third-order valence-corrected chi connectivity index (χ3v) is 3.38. The first-order valence-corrected chi connectivity index (χ1v) is 6.01. The molecule has 0 saturated carbocycles. The average molecular weight is 237 g/mol. The lowest BCUT2D eigenvalue weighted by atomic mass is 10.0. The zero-order valence-corrected chi connectivity index (χ0v) is 10.8. The SMILES string of the molecule is Cc1cccc2c(C)c(-c3cnn(C)c3)ncc12. The van der Waals surface area contributed by atoms with Crippen LogP contribution in [0.1, 0.15) is 11.1 Å². The van der Waals surface area contributed by atoms with Gasteiger partial charge in [0.05, 0.1) is 11.9 Å². The van der Waals surface area contributed by atoms with Gasteiger partial charge in [-0.25, -0.2) is 0 Å². The first kappa shape index (κ1) is 11.0. The van der Waals surface area contributed by atoms with Crippen LogP contribution in [0.4, 0.5) is 0 Å². The summed E-state index contributed by atoms with van der Waals surface area (Å²) in [5.74, 6) is 0. The van der Waals surface area contributed by atoms with Crippen LogP contribution >= 0.6 is 0 Å². The van der Waals surface area contributed by atoms with Crippen molar-refractivity contribution in [2.75, 3.05) is 0 Å². The summed E-state index contributed by atoms with van der Waals surface area (Å²) < 4.78 is 1.80. The normalized spacial score (nSPS) is 11.1. The van der Waals surface area contributed by atoms with Gasteiger partial charge in [-0.3, -0.25) is 9.67 Å². The lowest BCUT2D eigenvalue weighted by Gasteiger charge is -2.08. The van der Waals surface area contributed by atoms with Gasteiger partial charge in [0.15, 0.2) is 0 Å². The van der Waals surface area contributed by atoms with E-state index in [1.807, 2.05) is 25.6 Å². The Labute approximate surface area is 106 Å². The minimum Gasteiger partial charge on any atom is -0.275 e. The van der Waals surface area contributed by atoms with Crippen LogP contribution in [0.3, 0.4) is 0 Å². The van der Waals surface area contributed by atoms with Crippen molar-refractivity contribution in [3.63, 3.8) is 0 Å². The molecule has 0 radical (unpaired) electrons. The maximum atomic E-state index is 4.60. The fourth-order valence-electron chi connectivity index (χ4n) is 2.37. The monoisotopic (exact) mass is 237 g/mol. The summed E-state index contributed by atoms with van der Waals surface area (Å²) in [4.78, 5) is 4.60. The number of hydrogen-bond donors (Lipinski definition) is 0. The molecule has 0 spiro atoms. The molecule has 0 amide bonds. The Kier molecular flexibility index (Phi) is 2.40. The predicted molar refractivity (Wildman–Crippen MR) is 73.4 cm³/mol. The molecule has 0 bridgehead atoms. The highest BCUT2D eigenvalue weighted by Crippen LogP contribution is 2.28. The molecule has 18 heavy (non-hydrogen) atoms. The second-order valence-electron chi connectivity index (χ2n) is 4.67. The molecule has 0 aliphatic carbocycles. The van der Waals surface area contributed by atoms with Crippen molar-refractivity contribution < 1.29 is 0 Å². The van der Waals surface area contributed by atoms with E-state index >= 15 is 0 Å². The van der Waals surface area contributed by atoms with Gasteiger partial charge in [0.2, 0.25) is 0 Å². The standard InChI is InChI=1S/C15H15N3/c1-10-5-4-6-13-11(2)15(16-8-14(10)13)12-7-17-18(3)9-12/h4-9H,1-3H3. The zero-order chi connectivity index (χ0) is 12.7. The van der Waals surface area contributed by atoms with Gasteiger partial charge < -0.3 is 0 Å². The number of fused-ring (bicyclic) bond motifs is 1. The maximum Gasteiger partial charge on any atom is 0.0769 e. The van der Waals surface area contributed by atoms with Crippen LogP contribution < -0.4 is 0 Å². The molecule has 0 atom stereocenters. The van der Waals surface area contributed by atoms with Crippen molar-refractivity contribution in [3.8, 4) is 11.3 Å². The Morgan fingerprint density at radius 1 is 1.06 bits per heavy atom. The van der Waals surface area contributed by atoms with Crippen molar-refractivity contribution in [1.29, 1.82) is 0 Å². The Bertz CT molecular complexity index is 726. The van der Waals surface area contributed by atoms with Crippen LogP contribution in [0.15, 0.2) is 36.8 Å². The minimum absolute atomic E-state index is 1.02. The van der Waals surface area contributed by atoms with Gasteiger partial charge >= 0.3 is 0 Å². The highest BCUT2D eigenvalue weighted by atomic mass is 15.2. The largest absolute Gasteiger partial charge is 0.275 e. The van der Waals surface area contributed by atoms with Crippen LogP contribution in [0.2, 0.25) is 0 Å². The van der Waals surface area contributed by atoms with Gasteiger partial charge in [0, 0.05) is 30.4 Å². The Morgan fingerprint density at radius 3 is 2.61 bits per heavy atom. The molecule has 3 rings (SSSR count). The van der Waals surface area contributed by atoms with Crippen molar-refractivity contribution in [2.24, 2.45) is 7.05 Å². The lowest BCUT2D eigenvalue weighted by molar-refractivity contribution is 0.768. The van der Waals surface area contributed by atoms with Crippen LogP contribution in [-0.2, 0) is 7.05 Å². The molecule has 0 aliphatic rings. The van der Waals surface area contributed by atoms with Gasteiger partial charge in [-0.1, -0.05) is 18.2 Å². The zero-order valence-electron chi connectivity index (χ0n) is 10.8. The molecule has 3 aromatic rings. The lowest BCUT2D eigenvalue weighted by Crippen LogP contribution is -1.91. The quantitative estimate of drug-likeness (QED) is 0.650. The van der Waals surface area contributed by atoms with Crippen molar-refractivity contribution in [2.45, 2.75) is 13.8 Å². The van der Waals surface area contributed by atoms with Crippen LogP contribution in [0.25, 0.3) is 22.0 Å². The van der Waals surface area contributed by atoms with Crippen LogP contribution in [0.5, 0.6) is 0 Å². The summed E-state index contributed by atoms with van der Waals surface area (Å²) >= 11 is 0. The van der Waals surface area contributed by atoms with E-state index in [0.717, 1.165) is 11.3 Å². The molecule has 0 saturated heterocycles. The summed E-state index contributed by atoms with van der Waals surface area (Å²) in [6.07, 6.45) is 5.81. The van der Waals surface area contributed by atoms with E-state index in [1.165, 1.54) is 21.9 Å². The summed E-state index contributed by atoms with van der Waals surface area (Å²) in [5, 5.41) is 6.70. The molecule has 0 unspecified atom stereocenters. The van der Waals surface area contributed by atoms with Gasteiger partial charge in [-0.2, -0.15) is 5.10 Å². The van der Waals surface area contributed by atoms with Crippen LogP contribution in [-0.4, -0.2) is 14.8 Å². The predicted octanol–water partition coefficient (Wildman–Crippen LogP) is 3.25. The van der Waals surface area contributed by atoms with E-state index in [-0.39, 0.29) is 0 Å². The third kappa shape index (κ3) is 1.59. The number of benzene rings is 1. The fraction of sp³-hybridized carbons (Fsp3) is 0.200. The first-order valence-electron chi connectivity index (χ1n) is 6.01. The number of aromatic nitrogens is 3. The molecular formula is C15H15N3. The molecule has 0 N–H and O–H groups in total. The number of nitrogens with zero attached hydrogens (tertiary/aromatic N) is 3. The van der Waals surface area contributed by atoms with Gasteiger partial charge in [0.25, 0.3) is 0 Å². The molecule has 0 aliphatic heterocycles. The highest BCUT2D eigenvalue weighted by Gasteiger charge is 2.09. The molecule has 0 fully saturated rings. The first-order chi connectivity index (χ1) is 8.66. The van der Waals surface area contributed by atoms with Crippen LogP contribution in [0, 0.1) is 13.8 Å². The van der Waals surface area contributed by atoms with Crippen molar-refractivity contribution >= 4 is 10.8 Å². The Balaban J connectivity index is 2.30. The third-order valence-electron chi connectivity index (χ3n) is 3.38. The number of hydrogen-bond acceptors (Lipinski definition) is 2. The summed E-state index contributed by atoms with van der Waals surface area (Å²) in [6.45, 7) is 4.24. The topological polar surface area (TPSA) is 30.7 Å². The summed E-state index contributed by atoms with van der Waals surface area (Å²) in [7, 11) is 1.92. The fourth-order valence-corrected chi connectivity index (χ4v) is 2.37. The second kappa shape index (κ2) is 3.95. The van der Waals surface area contributed by atoms with E-state index < -0.39 is 0 Å². The van der Waals surface area contributed by atoms with Crippen molar-refractivity contribution in [1.82, 2.24) is 14.8 Å². The number of pyridine rings is 1. The molecule has 1 aromatic carbocycles. The highest BCUT2D eigenvalue weighted by molar-refractivity contribution is 5.91. The van der Waals surface area contributed by atoms with Gasteiger partial charge in [-0.05, 0) is 30.4 Å². The summed E-state index contributed by atoms with van der Waals surface area (Å²) in [6, 6.07) is 6.37. The molecule has 2 aromatic heterocycles. The molecule has 3 heteroatoms. The molecule has 90 valence electrons. The maximum absolute atomic E-state index is 4.60. The smallest absolute Gasteiger partial charge is 0.0769 e.